The molecule has 1 aromatic rings. The van der Waals surface area contributed by atoms with Gasteiger partial charge < -0.3 is 14.7 Å². The minimum absolute atomic E-state index is 0.0952. The van der Waals surface area contributed by atoms with Crippen molar-refractivity contribution in [3.63, 3.8) is 0 Å². The van der Waals surface area contributed by atoms with Gasteiger partial charge in [-0.3, -0.25) is 4.79 Å². The van der Waals surface area contributed by atoms with E-state index >= 15 is 0 Å². The fraction of sp³-hybridized carbons (Fsp3) is 0.308. The third kappa shape index (κ3) is 4.18. The first-order valence-electron chi connectivity index (χ1n) is 5.69. The van der Waals surface area contributed by atoms with Gasteiger partial charge in [-0.05, 0) is 12.1 Å². The van der Waals surface area contributed by atoms with Crippen LogP contribution in [0.25, 0.3) is 0 Å². The predicted octanol–water partition coefficient (Wildman–Crippen LogP) is 1.05. The summed E-state index contributed by atoms with van der Waals surface area (Å²) in [5, 5.41) is 8.85. The molecule has 1 heterocycles. The molecule has 1 rings (SSSR count). The van der Waals surface area contributed by atoms with Gasteiger partial charge in [0.1, 0.15) is 11.4 Å². The fourth-order valence-electron chi connectivity index (χ4n) is 1.47. The van der Waals surface area contributed by atoms with Gasteiger partial charge in [0, 0.05) is 20.2 Å². The van der Waals surface area contributed by atoms with Gasteiger partial charge in [-0.1, -0.05) is 12.1 Å². The first-order chi connectivity index (χ1) is 9.10. The molecule has 0 atom stereocenters. The molecular formula is C13H16N2O4. The van der Waals surface area contributed by atoms with E-state index in [1.54, 1.807) is 13.2 Å². The SMILES string of the molecule is C=CCN(CCOC)C(=O)c1cccc(C(=O)O)n1. The minimum Gasteiger partial charge on any atom is -0.477 e. The number of pyridine rings is 1. The van der Waals surface area contributed by atoms with Gasteiger partial charge in [-0.15, -0.1) is 6.58 Å². The molecule has 0 saturated carbocycles. The molecular weight excluding hydrogens is 248 g/mol. The number of carbonyl (C=O) groups is 2. The Hall–Kier alpha value is -2.21. The van der Waals surface area contributed by atoms with Crippen LogP contribution >= 0.6 is 0 Å². The zero-order chi connectivity index (χ0) is 14.3. The Morgan fingerprint density at radius 2 is 2.16 bits per heavy atom. The normalized spacial score (nSPS) is 9.95. The number of hydrogen-bond acceptors (Lipinski definition) is 4. The quantitative estimate of drug-likeness (QED) is 0.745. The van der Waals surface area contributed by atoms with Gasteiger partial charge in [0.05, 0.1) is 6.61 Å². The van der Waals surface area contributed by atoms with Crippen LogP contribution in [-0.4, -0.2) is 53.7 Å². The summed E-state index contributed by atoms with van der Waals surface area (Å²) in [4.78, 5) is 28.3. The van der Waals surface area contributed by atoms with Crippen molar-refractivity contribution in [2.45, 2.75) is 0 Å². The van der Waals surface area contributed by atoms with Crippen molar-refractivity contribution in [3.05, 3.63) is 42.2 Å². The smallest absolute Gasteiger partial charge is 0.354 e. The van der Waals surface area contributed by atoms with Crippen molar-refractivity contribution in [2.75, 3.05) is 26.8 Å². The number of carbonyl (C=O) groups excluding carboxylic acids is 1. The second kappa shape index (κ2) is 7.27. The van der Waals surface area contributed by atoms with Crippen LogP contribution in [0.3, 0.4) is 0 Å². The largest absolute Gasteiger partial charge is 0.477 e. The van der Waals surface area contributed by atoms with Crippen LogP contribution in [0, 0.1) is 0 Å². The molecule has 0 aliphatic rings. The molecule has 0 saturated heterocycles. The lowest BCUT2D eigenvalue weighted by Crippen LogP contribution is -2.34. The predicted molar refractivity (Wildman–Crippen MR) is 69.2 cm³/mol. The Kier molecular flexibility index (Phi) is 5.69. The highest BCUT2D eigenvalue weighted by Crippen LogP contribution is 2.04. The van der Waals surface area contributed by atoms with Crippen molar-refractivity contribution in [1.82, 2.24) is 9.88 Å². The number of aromatic carboxylic acids is 1. The number of nitrogens with zero attached hydrogens (tertiary/aromatic N) is 2. The third-order valence-corrected chi connectivity index (χ3v) is 2.39. The first-order valence-corrected chi connectivity index (χ1v) is 5.69. The van der Waals surface area contributed by atoms with E-state index < -0.39 is 5.97 Å². The average Bonchev–Trinajstić information content (AvgIpc) is 2.42. The van der Waals surface area contributed by atoms with Gasteiger partial charge in [0.25, 0.3) is 5.91 Å². The van der Waals surface area contributed by atoms with E-state index in [0.29, 0.717) is 19.7 Å². The van der Waals surface area contributed by atoms with E-state index in [1.807, 2.05) is 0 Å². The molecule has 19 heavy (non-hydrogen) atoms. The molecule has 0 aliphatic heterocycles. The Labute approximate surface area is 111 Å². The van der Waals surface area contributed by atoms with Gasteiger partial charge in [0.15, 0.2) is 0 Å². The molecule has 6 heteroatoms. The molecule has 1 N–H and O–H groups in total. The molecule has 6 nitrogen and oxygen atoms in total. The summed E-state index contributed by atoms with van der Waals surface area (Å²) in [6.07, 6.45) is 1.59. The monoisotopic (exact) mass is 264 g/mol. The van der Waals surface area contributed by atoms with E-state index in [9.17, 15) is 9.59 Å². The van der Waals surface area contributed by atoms with Crippen molar-refractivity contribution < 1.29 is 19.4 Å². The van der Waals surface area contributed by atoms with Crippen LogP contribution in [0.1, 0.15) is 21.0 Å². The summed E-state index contributed by atoms with van der Waals surface area (Å²) in [6.45, 7) is 4.71. The van der Waals surface area contributed by atoms with Crippen LogP contribution in [0.4, 0.5) is 0 Å². The van der Waals surface area contributed by atoms with Gasteiger partial charge in [0.2, 0.25) is 0 Å². The Morgan fingerprint density at radius 1 is 1.47 bits per heavy atom. The Bertz CT molecular complexity index is 473. The third-order valence-electron chi connectivity index (χ3n) is 2.39. The molecule has 0 aliphatic carbocycles. The highest BCUT2D eigenvalue weighted by molar-refractivity contribution is 5.94. The standard InChI is InChI=1S/C13H16N2O4/c1-3-7-15(8-9-19-2)12(16)10-5-4-6-11(14-10)13(17)18/h3-6H,1,7-9H2,2H3,(H,17,18). The van der Waals surface area contributed by atoms with Crippen LogP contribution in [0.2, 0.25) is 0 Å². The van der Waals surface area contributed by atoms with Crippen molar-refractivity contribution >= 4 is 11.9 Å². The fourth-order valence-corrected chi connectivity index (χ4v) is 1.47. The summed E-state index contributed by atoms with van der Waals surface area (Å²) in [7, 11) is 1.54. The summed E-state index contributed by atoms with van der Waals surface area (Å²) >= 11 is 0. The van der Waals surface area contributed by atoms with Crippen LogP contribution in [-0.2, 0) is 4.74 Å². The molecule has 0 spiro atoms. The van der Waals surface area contributed by atoms with E-state index in [2.05, 4.69) is 11.6 Å². The van der Waals surface area contributed by atoms with Gasteiger partial charge in [-0.2, -0.15) is 0 Å². The maximum absolute atomic E-state index is 12.2. The maximum Gasteiger partial charge on any atom is 0.354 e. The number of amides is 1. The van der Waals surface area contributed by atoms with Crippen LogP contribution in [0.5, 0.6) is 0 Å². The molecule has 1 amide bonds. The number of aromatic nitrogens is 1. The lowest BCUT2D eigenvalue weighted by atomic mass is 10.2. The van der Waals surface area contributed by atoms with E-state index in [4.69, 9.17) is 9.84 Å². The van der Waals surface area contributed by atoms with Gasteiger partial charge in [-0.25, -0.2) is 9.78 Å². The number of methoxy groups -OCH3 is 1. The zero-order valence-corrected chi connectivity index (χ0v) is 10.7. The molecule has 0 unspecified atom stereocenters. The first kappa shape index (κ1) is 14.8. The highest BCUT2D eigenvalue weighted by Gasteiger charge is 2.17. The zero-order valence-electron chi connectivity index (χ0n) is 10.7. The minimum atomic E-state index is -1.16. The van der Waals surface area contributed by atoms with E-state index in [0.717, 1.165) is 0 Å². The average molecular weight is 264 g/mol. The lowest BCUT2D eigenvalue weighted by molar-refractivity contribution is 0.0688. The second-order valence-electron chi connectivity index (χ2n) is 3.75. The molecule has 0 fully saturated rings. The highest BCUT2D eigenvalue weighted by atomic mass is 16.5. The second-order valence-corrected chi connectivity index (χ2v) is 3.75. The molecule has 1 aromatic heterocycles. The number of rotatable bonds is 7. The molecule has 0 aromatic carbocycles. The summed E-state index contributed by atoms with van der Waals surface area (Å²) < 4.78 is 4.92. The number of ether oxygens (including phenoxy) is 1. The van der Waals surface area contributed by atoms with Crippen LogP contribution < -0.4 is 0 Å². The summed E-state index contributed by atoms with van der Waals surface area (Å²) in [5.74, 6) is -1.51. The Balaban J connectivity index is 2.91. The summed E-state index contributed by atoms with van der Waals surface area (Å²) in [5.41, 5.74) is -0.0611. The van der Waals surface area contributed by atoms with Gasteiger partial charge >= 0.3 is 5.97 Å². The van der Waals surface area contributed by atoms with Crippen molar-refractivity contribution in [3.8, 4) is 0 Å². The van der Waals surface area contributed by atoms with Crippen molar-refractivity contribution in [1.29, 1.82) is 0 Å². The van der Waals surface area contributed by atoms with Crippen LogP contribution in [0.15, 0.2) is 30.9 Å². The van der Waals surface area contributed by atoms with E-state index in [1.165, 1.54) is 23.1 Å². The Morgan fingerprint density at radius 3 is 2.74 bits per heavy atom. The number of carboxylic acids is 1. The molecule has 0 radical (unpaired) electrons. The topological polar surface area (TPSA) is 79.7 Å². The molecule has 0 bridgehead atoms. The lowest BCUT2D eigenvalue weighted by Gasteiger charge is -2.20. The number of hydrogen-bond donors (Lipinski definition) is 1. The number of carboxylic acid groups (broad SMARTS) is 1. The maximum atomic E-state index is 12.2. The molecule has 102 valence electrons. The van der Waals surface area contributed by atoms with Crippen molar-refractivity contribution in [2.24, 2.45) is 0 Å². The van der Waals surface area contributed by atoms with E-state index in [-0.39, 0.29) is 17.3 Å². The summed E-state index contributed by atoms with van der Waals surface area (Å²) in [6, 6.07) is 4.32.